The number of nitrogens with zero attached hydrogens (tertiary/aromatic N) is 2. The maximum absolute atomic E-state index is 11.1. The Morgan fingerprint density at radius 3 is 2.19 bits per heavy atom. The number of hydrogen-bond acceptors (Lipinski definition) is 5. The quantitative estimate of drug-likeness (QED) is 0.885. The molecule has 0 fully saturated rings. The summed E-state index contributed by atoms with van der Waals surface area (Å²) in [5, 5.41) is 3.31. The Balaban J connectivity index is 2.08. The zero-order valence-corrected chi connectivity index (χ0v) is 13.0. The molecule has 0 aliphatic carbocycles. The molecular formula is C14H18N4O2S. The fourth-order valence-corrected chi connectivity index (χ4v) is 2.57. The van der Waals surface area contributed by atoms with Crippen LogP contribution in [0.3, 0.4) is 0 Å². The molecular weight excluding hydrogens is 288 g/mol. The maximum atomic E-state index is 11.1. The third kappa shape index (κ3) is 4.42. The Labute approximate surface area is 124 Å². The van der Waals surface area contributed by atoms with Crippen molar-refractivity contribution in [3.05, 3.63) is 48.0 Å². The molecule has 21 heavy (non-hydrogen) atoms. The van der Waals surface area contributed by atoms with Gasteiger partial charge in [0.25, 0.3) is 0 Å². The largest absolute Gasteiger partial charge is 0.377 e. The van der Waals surface area contributed by atoms with Crippen molar-refractivity contribution in [1.29, 1.82) is 0 Å². The monoisotopic (exact) mass is 306 g/mol. The van der Waals surface area contributed by atoms with Crippen LogP contribution in [0.15, 0.2) is 36.7 Å². The zero-order chi connectivity index (χ0) is 15.5. The van der Waals surface area contributed by atoms with E-state index >= 15 is 0 Å². The van der Waals surface area contributed by atoms with Crippen LogP contribution in [0.4, 0.5) is 11.4 Å². The lowest BCUT2D eigenvalue weighted by Gasteiger charge is -2.16. The first-order chi connectivity index (χ1) is 9.85. The molecule has 2 rings (SSSR count). The molecule has 0 saturated heterocycles. The summed E-state index contributed by atoms with van der Waals surface area (Å²) in [5.41, 5.74) is 3.18. The highest BCUT2D eigenvalue weighted by atomic mass is 32.2. The third-order valence-electron chi connectivity index (χ3n) is 2.90. The molecule has 0 spiro atoms. The summed E-state index contributed by atoms with van der Waals surface area (Å²) in [4.78, 5) is 8.54. The maximum Gasteiger partial charge on any atom is 0.229 e. The molecule has 2 aromatic rings. The average molecular weight is 306 g/mol. The van der Waals surface area contributed by atoms with Gasteiger partial charge in [0.05, 0.1) is 23.7 Å². The molecule has 0 aliphatic rings. The fourth-order valence-electron chi connectivity index (χ4n) is 2.01. The van der Waals surface area contributed by atoms with Crippen LogP contribution in [0, 0.1) is 6.92 Å². The molecule has 0 amide bonds. The number of hydrogen-bond donors (Lipinski definition) is 2. The molecule has 1 atom stereocenters. The lowest BCUT2D eigenvalue weighted by molar-refractivity contribution is 0.607. The minimum absolute atomic E-state index is 0.00687. The van der Waals surface area contributed by atoms with Gasteiger partial charge in [0.2, 0.25) is 10.0 Å². The fraction of sp³-hybridized carbons (Fsp3) is 0.286. The molecule has 0 saturated carbocycles. The number of aromatic nitrogens is 2. The van der Waals surface area contributed by atoms with Gasteiger partial charge in [-0.15, -0.1) is 0 Å². The number of benzene rings is 1. The van der Waals surface area contributed by atoms with Gasteiger partial charge in [-0.1, -0.05) is 0 Å². The molecule has 1 aromatic carbocycles. The van der Waals surface area contributed by atoms with Gasteiger partial charge in [0.15, 0.2) is 0 Å². The van der Waals surface area contributed by atoms with Crippen molar-refractivity contribution in [2.75, 3.05) is 16.3 Å². The van der Waals surface area contributed by atoms with Crippen molar-refractivity contribution >= 4 is 21.4 Å². The van der Waals surface area contributed by atoms with E-state index in [-0.39, 0.29) is 6.04 Å². The minimum Gasteiger partial charge on any atom is -0.377 e. The van der Waals surface area contributed by atoms with Gasteiger partial charge < -0.3 is 5.32 Å². The van der Waals surface area contributed by atoms with Gasteiger partial charge in [-0.05, 0) is 38.1 Å². The number of aryl methyl sites for hydroxylation is 1. The van der Waals surface area contributed by atoms with Gasteiger partial charge in [-0.3, -0.25) is 14.7 Å². The summed E-state index contributed by atoms with van der Waals surface area (Å²) < 4.78 is 24.7. The zero-order valence-electron chi connectivity index (χ0n) is 12.2. The molecule has 7 heteroatoms. The van der Waals surface area contributed by atoms with E-state index < -0.39 is 10.0 Å². The summed E-state index contributed by atoms with van der Waals surface area (Å²) in [6.45, 7) is 3.92. The number of sulfonamides is 1. The van der Waals surface area contributed by atoms with E-state index in [0.29, 0.717) is 5.69 Å². The van der Waals surface area contributed by atoms with Gasteiger partial charge in [-0.25, -0.2) is 8.42 Å². The van der Waals surface area contributed by atoms with Crippen molar-refractivity contribution in [1.82, 2.24) is 9.97 Å². The van der Waals surface area contributed by atoms with Crippen LogP contribution in [-0.4, -0.2) is 24.6 Å². The highest BCUT2D eigenvalue weighted by Gasteiger charge is 2.10. The van der Waals surface area contributed by atoms with Gasteiger partial charge in [0.1, 0.15) is 0 Å². The normalized spacial score (nSPS) is 12.7. The van der Waals surface area contributed by atoms with E-state index in [1.165, 1.54) is 0 Å². The summed E-state index contributed by atoms with van der Waals surface area (Å²) >= 11 is 0. The minimum atomic E-state index is -3.25. The van der Waals surface area contributed by atoms with Crippen LogP contribution < -0.4 is 10.0 Å². The number of nitrogens with one attached hydrogen (secondary N) is 2. The van der Waals surface area contributed by atoms with E-state index in [4.69, 9.17) is 0 Å². The summed E-state index contributed by atoms with van der Waals surface area (Å²) in [6, 6.07) is 7.05. The Kier molecular flexibility index (Phi) is 4.42. The Hall–Kier alpha value is -2.15. The molecule has 1 aromatic heterocycles. The van der Waals surface area contributed by atoms with Crippen molar-refractivity contribution in [2.45, 2.75) is 19.9 Å². The average Bonchev–Trinajstić information content (AvgIpc) is 2.40. The smallest absolute Gasteiger partial charge is 0.229 e. The van der Waals surface area contributed by atoms with Gasteiger partial charge in [0, 0.05) is 23.8 Å². The molecule has 0 radical (unpaired) electrons. The molecule has 112 valence electrons. The SMILES string of the molecule is Cc1nccnc1C(C)Nc1ccc(NS(C)(=O)=O)cc1. The van der Waals surface area contributed by atoms with E-state index in [9.17, 15) is 8.42 Å². The predicted molar refractivity (Wildman–Crippen MR) is 83.7 cm³/mol. The van der Waals surface area contributed by atoms with E-state index in [1.54, 1.807) is 24.5 Å². The second-order valence-corrected chi connectivity index (χ2v) is 6.59. The first kappa shape index (κ1) is 15.2. The Morgan fingerprint density at radius 1 is 1.05 bits per heavy atom. The Morgan fingerprint density at radius 2 is 1.62 bits per heavy atom. The van der Waals surface area contributed by atoms with Crippen molar-refractivity contribution in [3.63, 3.8) is 0 Å². The lowest BCUT2D eigenvalue weighted by Crippen LogP contribution is -2.11. The summed E-state index contributed by atoms with van der Waals surface area (Å²) in [6.07, 6.45) is 4.45. The number of anilines is 2. The van der Waals surface area contributed by atoms with Crippen LogP contribution in [0.2, 0.25) is 0 Å². The summed E-state index contributed by atoms with van der Waals surface area (Å²) in [5.74, 6) is 0. The van der Waals surface area contributed by atoms with Crippen LogP contribution >= 0.6 is 0 Å². The van der Waals surface area contributed by atoms with Crippen LogP contribution in [0.1, 0.15) is 24.4 Å². The summed E-state index contributed by atoms with van der Waals surface area (Å²) in [7, 11) is -3.25. The van der Waals surface area contributed by atoms with Crippen LogP contribution in [0.25, 0.3) is 0 Å². The molecule has 1 heterocycles. The van der Waals surface area contributed by atoms with E-state index in [1.807, 2.05) is 26.0 Å². The molecule has 0 aliphatic heterocycles. The Bertz CT molecular complexity index is 714. The second-order valence-electron chi connectivity index (χ2n) is 4.84. The molecule has 0 bridgehead atoms. The highest BCUT2D eigenvalue weighted by Crippen LogP contribution is 2.21. The molecule has 2 N–H and O–H groups in total. The van der Waals surface area contributed by atoms with Crippen LogP contribution in [-0.2, 0) is 10.0 Å². The van der Waals surface area contributed by atoms with Crippen molar-refractivity contribution in [3.8, 4) is 0 Å². The standard InChI is InChI=1S/C14H18N4O2S/c1-10-14(16-9-8-15-10)11(2)17-12-4-6-13(7-5-12)18-21(3,19)20/h4-9,11,17-18H,1-3H3. The topological polar surface area (TPSA) is 84.0 Å². The predicted octanol–water partition coefficient (Wildman–Crippen LogP) is 2.33. The highest BCUT2D eigenvalue weighted by molar-refractivity contribution is 7.92. The second kappa shape index (κ2) is 6.09. The lowest BCUT2D eigenvalue weighted by atomic mass is 10.1. The first-order valence-corrected chi connectivity index (χ1v) is 8.36. The number of rotatable bonds is 5. The van der Waals surface area contributed by atoms with E-state index in [0.717, 1.165) is 23.3 Å². The van der Waals surface area contributed by atoms with Gasteiger partial charge in [-0.2, -0.15) is 0 Å². The molecule has 1 unspecified atom stereocenters. The van der Waals surface area contributed by atoms with Crippen molar-refractivity contribution in [2.24, 2.45) is 0 Å². The van der Waals surface area contributed by atoms with Crippen molar-refractivity contribution < 1.29 is 8.42 Å². The first-order valence-electron chi connectivity index (χ1n) is 6.47. The third-order valence-corrected chi connectivity index (χ3v) is 3.51. The molecule has 6 nitrogen and oxygen atoms in total. The van der Waals surface area contributed by atoms with Gasteiger partial charge >= 0.3 is 0 Å². The van der Waals surface area contributed by atoms with Crippen LogP contribution in [0.5, 0.6) is 0 Å². The van der Waals surface area contributed by atoms with E-state index in [2.05, 4.69) is 20.0 Å².